The van der Waals surface area contributed by atoms with Gasteiger partial charge in [0.1, 0.15) is 0 Å². The highest BCUT2D eigenvalue weighted by Crippen LogP contribution is 2.35. The fourth-order valence-corrected chi connectivity index (χ4v) is 3.69. The molecule has 0 saturated heterocycles. The predicted octanol–water partition coefficient (Wildman–Crippen LogP) is 4.47. The van der Waals surface area contributed by atoms with Crippen LogP contribution in [0.15, 0.2) is 53.0 Å². The van der Waals surface area contributed by atoms with Crippen LogP contribution in [-0.2, 0) is 12.8 Å². The molecule has 0 spiro atoms. The molecule has 2 aromatic carbocycles. The van der Waals surface area contributed by atoms with Crippen LogP contribution in [0.4, 0.5) is 0 Å². The maximum Gasteiger partial charge on any atom is 0.0649 e. The van der Waals surface area contributed by atoms with E-state index in [9.17, 15) is 5.11 Å². The number of rotatable bonds is 3. The van der Waals surface area contributed by atoms with Crippen LogP contribution in [0.5, 0.6) is 0 Å². The summed E-state index contributed by atoms with van der Waals surface area (Å²) in [5.41, 5.74) is 3.95. The number of hydrogen-bond acceptors (Lipinski definition) is 1. The van der Waals surface area contributed by atoms with Crippen LogP contribution in [0.3, 0.4) is 0 Å². The molecule has 0 heterocycles. The summed E-state index contributed by atoms with van der Waals surface area (Å²) in [6.07, 6.45) is 3.84. The molecule has 3 rings (SSSR count). The number of fused-ring (bicyclic) bond motifs is 1. The summed E-state index contributed by atoms with van der Waals surface area (Å²) in [7, 11) is 0. The van der Waals surface area contributed by atoms with Crippen molar-refractivity contribution in [3.8, 4) is 0 Å². The molecule has 0 radical (unpaired) electrons. The first-order valence-corrected chi connectivity index (χ1v) is 8.03. The van der Waals surface area contributed by atoms with Gasteiger partial charge in [0.15, 0.2) is 0 Å². The largest absolute Gasteiger partial charge is 0.392 e. The molecule has 2 atom stereocenters. The van der Waals surface area contributed by atoms with E-state index in [0.29, 0.717) is 0 Å². The molecular weight excluding hydrogens is 312 g/mol. The van der Waals surface area contributed by atoms with Gasteiger partial charge in [-0.2, -0.15) is 0 Å². The molecule has 0 bridgehead atoms. The topological polar surface area (TPSA) is 20.2 Å². The van der Waals surface area contributed by atoms with Gasteiger partial charge in [0.2, 0.25) is 0 Å². The van der Waals surface area contributed by atoms with E-state index in [2.05, 4.69) is 52.3 Å². The Morgan fingerprint density at radius 3 is 2.85 bits per heavy atom. The highest BCUT2D eigenvalue weighted by molar-refractivity contribution is 9.10. The zero-order chi connectivity index (χ0) is 13.9. The minimum atomic E-state index is -0.300. The van der Waals surface area contributed by atoms with Gasteiger partial charge < -0.3 is 5.11 Å². The van der Waals surface area contributed by atoms with Crippen molar-refractivity contribution in [2.45, 2.75) is 37.7 Å². The second kappa shape index (κ2) is 6.11. The van der Waals surface area contributed by atoms with Gasteiger partial charge in [0.25, 0.3) is 0 Å². The van der Waals surface area contributed by atoms with Gasteiger partial charge in [-0.25, -0.2) is 0 Å². The highest BCUT2D eigenvalue weighted by atomic mass is 79.9. The van der Waals surface area contributed by atoms with Crippen LogP contribution in [-0.4, -0.2) is 11.2 Å². The van der Waals surface area contributed by atoms with Gasteiger partial charge in [-0.05, 0) is 54.5 Å². The SMILES string of the molecule is OC(Cc1cccc(Br)c1)C1CCCc2ccccc21. The number of halogens is 1. The van der Waals surface area contributed by atoms with Crippen molar-refractivity contribution < 1.29 is 5.11 Å². The molecule has 0 fully saturated rings. The summed E-state index contributed by atoms with van der Waals surface area (Å²) in [4.78, 5) is 0. The van der Waals surface area contributed by atoms with Gasteiger partial charge in [0, 0.05) is 10.4 Å². The van der Waals surface area contributed by atoms with E-state index in [1.54, 1.807) is 0 Å². The summed E-state index contributed by atoms with van der Waals surface area (Å²) in [6, 6.07) is 16.8. The molecule has 0 aromatic heterocycles. The number of aliphatic hydroxyl groups is 1. The molecule has 104 valence electrons. The molecule has 1 aliphatic rings. The fraction of sp³-hybridized carbons (Fsp3) is 0.333. The van der Waals surface area contributed by atoms with Crippen LogP contribution in [0.2, 0.25) is 0 Å². The van der Waals surface area contributed by atoms with Crippen molar-refractivity contribution in [1.82, 2.24) is 0 Å². The lowest BCUT2D eigenvalue weighted by Gasteiger charge is -2.29. The number of hydrogen-bond donors (Lipinski definition) is 1. The number of aryl methyl sites for hydroxylation is 1. The third-order valence-electron chi connectivity index (χ3n) is 4.21. The molecule has 1 N–H and O–H groups in total. The van der Waals surface area contributed by atoms with E-state index in [-0.39, 0.29) is 12.0 Å². The van der Waals surface area contributed by atoms with Gasteiger partial charge in [-0.15, -0.1) is 0 Å². The lowest BCUT2D eigenvalue weighted by atomic mass is 9.78. The van der Waals surface area contributed by atoms with Gasteiger partial charge in [0.05, 0.1) is 6.10 Å². The van der Waals surface area contributed by atoms with Crippen molar-refractivity contribution in [2.24, 2.45) is 0 Å². The summed E-state index contributed by atoms with van der Waals surface area (Å²) < 4.78 is 1.08. The smallest absolute Gasteiger partial charge is 0.0649 e. The number of aliphatic hydroxyl groups excluding tert-OH is 1. The van der Waals surface area contributed by atoms with E-state index in [1.165, 1.54) is 23.1 Å². The average Bonchev–Trinajstić information content (AvgIpc) is 2.46. The Labute approximate surface area is 128 Å². The normalized spacial score (nSPS) is 19.4. The first kappa shape index (κ1) is 13.8. The van der Waals surface area contributed by atoms with Crippen LogP contribution in [0, 0.1) is 0 Å². The third-order valence-corrected chi connectivity index (χ3v) is 4.71. The molecule has 0 amide bonds. The average molecular weight is 331 g/mol. The van der Waals surface area contributed by atoms with Gasteiger partial charge in [-0.3, -0.25) is 0 Å². The zero-order valence-corrected chi connectivity index (χ0v) is 13.0. The minimum Gasteiger partial charge on any atom is -0.392 e. The van der Waals surface area contributed by atoms with E-state index >= 15 is 0 Å². The van der Waals surface area contributed by atoms with Gasteiger partial charge in [-0.1, -0.05) is 52.3 Å². The summed E-state index contributed by atoms with van der Waals surface area (Å²) in [5.74, 6) is 0.277. The Bertz CT molecular complexity index is 593. The predicted molar refractivity (Wildman–Crippen MR) is 86.0 cm³/mol. The van der Waals surface area contributed by atoms with E-state index in [4.69, 9.17) is 0 Å². The molecule has 20 heavy (non-hydrogen) atoms. The summed E-state index contributed by atoms with van der Waals surface area (Å²) in [6.45, 7) is 0. The van der Waals surface area contributed by atoms with Gasteiger partial charge >= 0.3 is 0 Å². The van der Waals surface area contributed by atoms with Crippen LogP contribution < -0.4 is 0 Å². The Balaban J connectivity index is 1.80. The molecule has 2 unspecified atom stereocenters. The summed E-state index contributed by atoms with van der Waals surface area (Å²) in [5, 5.41) is 10.6. The lowest BCUT2D eigenvalue weighted by molar-refractivity contribution is 0.134. The van der Waals surface area contributed by atoms with Crippen molar-refractivity contribution in [3.05, 3.63) is 69.7 Å². The minimum absolute atomic E-state index is 0.277. The number of benzene rings is 2. The molecular formula is C18H19BrO. The fourth-order valence-electron chi connectivity index (χ4n) is 3.24. The van der Waals surface area contributed by atoms with E-state index in [0.717, 1.165) is 23.7 Å². The second-order valence-electron chi connectivity index (χ2n) is 5.60. The molecule has 0 saturated carbocycles. The Hall–Kier alpha value is -1.12. The van der Waals surface area contributed by atoms with Crippen molar-refractivity contribution in [1.29, 1.82) is 0 Å². The van der Waals surface area contributed by atoms with Crippen LogP contribution in [0.1, 0.15) is 35.4 Å². The second-order valence-corrected chi connectivity index (χ2v) is 6.51. The maximum absolute atomic E-state index is 10.6. The standard InChI is InChI=1S/C18H19BrO/c19-15-8-3-5-13(11-15)12-18(20)17-10-4-7-14-6-1-2-9-16(14)17/h1-3,5-6,8-9,11,17-18,20H,4,7,10,12H2. The first-order valence-electron chi connectivity index (χ1n) is 7.24. The van der Waals surface area contributed by atoms with Crippen LogP contribution >= 0.6 is 15.9 Å². The molecule has 1 nitrogen and oxygen atoms in total. The van der Waals surface area contributed by atoms with Crippen LogP contribution in [0.25, 0.3) is 0 Å². The van der Waals surface area contributed by atoms with Crippen molar-refractivity contribution >= 4 is 15.9 Å². The molecule has 2 heteroatoms. The third kappa shape index (κ3) is 2.97. The molecule has 1 aliphatic carbocycles. The molecule has 2 aromatic rings. The zero-order valence-electron chi connectivity index (χ0n) is 11.4. The monoisotopic (exact) mass is 330 g/mol. The highest BCUT2D eigenvalue weighted by Gasteiger charge is 2.26. The first-order chi connectivity index (χ1) is 9.74. The lowest BCUT2D eigenvalue weighted by Crippen LogP contribution is -2.24. The Morgan fingerprint density at radius 2 is 2.00 bits per heavy atom. The van der Waals surface area contributed by atoms with E-state index < -0.39 is 0 Å². The maximum atomic E-state index is 10.6. The molecule has 0 aliphatic heterocycles. The quantitative estimate of drug-likeness (QED) is 0.880. The van der Waals surface area contributed by atoms with Crippen molar-refractivity contribution in [2.75, 3.05) is 0 Å². The summed E-state index contributed by atoms with van der Waals surface area (Å²) >= 11 is 3.49. The Morgan fingerprint density at radius 1 is 1.15 bits per heavy atom. The Kier molecular flexibility index (Phi) is 4.23. The van der Waals surface area contributed by atoms with Crippen molar-refractivity contribution in [3.63, 3.8) is 0 Å². The van der Waals surface area contributed by atoms with E-state index in [1.807, 2.05) is 12.1 Å².